The van der Waals surface area contributed by atoms with Crippen LogP contribution in [0.2, 0.25) is 0 Å². The van der Waals surface area contributed by atoms with Gasteiger partial charge in [0.1, 0.15) is 0 Å². The van der Waals surface area contributed by atoms with Gasteiger partial charge >= 0.3 is 0 Å². The molecule has 0 aliphatic heterocycles. The topological polar surface area (TPSA) is 14.8 Å². The lowest BCUT2D eigenvalue weighted by Crippen LogP contribution is -2.01. The monoisotopic (exact) mass is 747 g/mol. The Morgan fingerprint density at radius 3 is 1.33 bits per heavy atom. The molecule has 12 rings (SSSR count). The summed E-state index contributed by atoms with van der Waals surface area (Å²) in [6.07, 6.45) is 0. The number of fused-ring (bicyclic) bond motifs is 9. The lowest BCUT2D eigenvalue weighted by atomic mass is 10.0. The van der Waals surface area contributed by atoms with E-state index in [-0.39, 0.29) is 27.5 Å². The maximum absolute atomic E-state index is 10.1. The van der Waals surface area contributed by atoms with Gasteiger partial charge in [0.2, 0.25) is 0 Å². The van der Waals surface area contributed by atoms with Gasteiger partial charge in [0.25, 0.3) is 0 Å². The van der Waals surface area contributed by atoms with Gasteiger partial charge in [0, 0.05) is 43.7 Å². The third-order valence-corrected chi connectivity index (χ3v) is 10.3. The molecule has 0 saturated heterocycles. The minimum absolute atomic E-state index is 0.200. The minimum Gasteiger partial charge on any atom is -0.309 e. The summed E-state index contributed by atoms with van der Waals surface area (Å²) in [5.41, 5.74) is -0.00238. The van der Waals surface area contributed by atoms with Crippen LogP contribution in [-0.4, -0.2) is 13.7 Å². The second-order valence-electron chi connectivity index (χ2n) is 13.3. The summed E-state index contributed by atoms with van der Waals surface area (Å²) < 4.78 is 205. The number of benzene rings is 9. The second kappa shape index (κ2) is 12.5. The van der Waals surface area contributed by atoms with E-state index in [2.05, 4.69) is 0 Å². The van der Waals surface area contributed by atoms with Crippen LogP contribution in [0.4, 0.5) is 0 Å². The van der Waals surface area contributed by atoms with Crippen molar-refractivity contribution in [2.24, 2.45) is 0 Å². The number of aromatic nitrogens is 3. The van der Waals surface area contributed by atoms with Crippen molar-refractivity contribution in [3.63, 3.8) is 0 Å². The van der Waals surface area contributed by atoms with Crippen molar-refractivity contribution in [1.82, 2.24) is 13.7 Å². The first-order valence-electron chi connectivity index (χ1n) is 28.8. The van der Waals surface area contributed by atoms with Gasteiger partial charge in [-0.1, -0.05) is 151 Å². The first-order chi connectivity index (χ1) is 37.5. The summed E-state index contributed by atoms with van der Waals surface area (Å²) in [6, 6.07) is 7.35. The van der Waals surface area contributed by atoms with Crippen molar-refractivity contribution in [2.75, 3.05) is 0 Å². The van der Waals surface area contributed by atoms with Gasteiger partial charge in [-0.3, -0.25) is 0 Å². The molecule has 0 amide bonds. The van der Waals surface area contributed by atoms with E-state index in [1.165, 1.54) is 4.57 Å². The molecule has 57 heavy (non-hydrogen) atoms. The average Bonchev–Trinajstić information content (AvgIpc) is 3.36. The molecule has 0 aliphatic carbocycles. The molecule has 0 aliphatic rings. The highest BCUT2D eigenvalue weighted by Crippen LogP contribution is 2.41. The lowest BCUT2D eigenvalue weighted by Gasteiger charge is -2.15. The smallest absolute Gasteiger partial charge is 0.0782 e. The Labute approximate surface area is 360 Å². The van der Waals surface area contributed by atoms with Crippen molar-refractivity contribution in [1.29, 1.82) is 0 Å². The van der Waals surface area contributed by atoms with Gasteiger partial charge in [0.15, 0.2) is 0 Å². The predicted octanol–water partition coefficient (Wildman–Crippen LogP) is 14.3. The predicted molar refractivity (Wildman–Crippen MR) is 240 cm³/mol. The van der Waals surface area contributed by atoms with Crippen LogP contribution in [0.1, 0.15) is 30.2 Å². The van der Waals surface area contributed by atoms with Crippen molar-refractivity contribution < 1.29 is 30.2 Å². The van der Waals surface area contributed by atoms with Crippen molar-refractivity contribution in [3.05, 3.63) is 212 Å². The third kappa shape index (κ3) is 4.79. The van der Waals surface area contributed by atoms with Crippen molar-refractivity contribution in [2.45, 2.75) is 0 Å². The van der Waals surface area contributed by atoms with Crippen LogP contribution < -0.4 is 0 Å². The highest BCUT2D eigenvalue weighted by Gasteiger charge is 2.21. The van der Waals surface area contributed by atoms with Crippen LogP contribution in [0.25, 0.3) is 105 Å². The van der Waals surface area contributed by atoms with E-state index in [4.69, 9.17) is 16.4 Å². The van der Waals surface area contributed by atoms with Crippen LogP contribution in [0.5, 0.6) is 0 Å². The zero-order valence-electron chi connectivity index (χ0n) is 51.3. The van der Waals surface area contributed by atoms with Gasteiger partial charge in [-0.05, 0) is 82.7 Å². The van der Waals surface area contributed by atoms with Gasteiger partial charge in [-0.2, -0.15) is 0 Å². The first-order valence-corrected chi connectivity index (χ1v) is 17.8. The molecule has 0 unspecified atom stereocenters. The van der Waals surface area contributed by atoms with Crippen LogP contribution in [0.3, 0.4) is 0 Å². The average molecular weight is 748 g/mol. The second-order valence-corrected chi connectivity index (χ2v) is 13.3. The molecule has 0 atom stereocenters. The molecule has 0 spiro atoms. The van der Waals surface area contributed by atoms with Gasteiger partial charge in [0.05, 0.1) is 68.9 Å². The van der Waals surface area contributed by atoms with E-state index in [0.29, 0.717) is 0 Å². The molecule has 0 radical (unpaired) electrons. The molecular weight excluding hydrogens is 691 g/mol. The van der Waals surface area contributed by atoms with Crippen molar-refractivity contribution in [3.8, 4) is 39.3 Å². The summed E-state index contributed by atoms with van der Waals surface area (Å²) in [4.78, 5) is 0. The molecule has 0 bridgehead atoms. The number of rotatable bonds is 5. The largest absolute Gasteiger partial charge is 0.309 e. The number of hydrogen-bond acceptors (Lipinski definition) is 0. The standard InChI is InChI=1S/C54H35N3/c1-2-13-36(14-3-1)37-25-27-38(28-26-37)39-29-31-40(32-30-39)56-50-22-10-6-17-44(50)46-19-12-24-53(54(46)56)57-51-23-11-7-18-45(51)47-35-41(33-34-52(47)57)55-48-20-8-4-15-42(48)43-16-5-9-21-49(43)55/h1-35H/i4D,5D,6D,7D,8D,9D,10D,11D,12D,15D,16D,17D,18D,19D,20D,21D,22D,23D,24D,33D,34D,35D. The van der Waals surface area contributed by atoms with Crippen molar-refractivity contribution >= 4 is 65.4 Å². The molecular formula is C54H35N3. The molecule has 3 heteroatoms. The number of nitrogens with zero attached hydrogens (tertiary/aromatic N) is 3. The van der Waals surface area contributed by atoms with Gasteiger partial charge in [-0.25, -0.2) is 0 Å². The quantitative estimate of drug-likeness (QED) is 0.167. The fraction of sp³-hybridized carbons (Fsp3) is 0. The zero-order chi connectivity index (χ0) is 56.6. The minimum atomic E-state index is -0.922. The summed E-state index contributed by atoms with van der Waals surface area (Å²) in [5.74, 6) is 0. The highest BCUT2D eigenvalue weighted by molar-refractivity contribution is 6.16. The van der Waals surface area contributed by atoms with E-state index >= 15 is 0 Å². The van der Waals surface area contributed by atoms with E-state index in [1.807, 2.05) is 54.6 Å². The summed E-state index contributed by atoms with van der Waals surface area (Å²) in [6.45, 7) is 0. The van der Waals surface area contributed by atoms with Gasteiger partial charge in [-0.15, -0.1) is 0 Å². The molecule has 0 N–H and O–H groups in total. The summed E-state index contributed by atoms with van der Waals surface area (Å²) >= 11 is 0. The van der Waals surface area contributed by atoms with Crippen LogP contribution in [0.15, 0.2) is 212 Å². The molecule has 12 aromatic rings. The molecule has 0 fully saturated rings. The Kier molecular flexibility index (Phi) is 3.72. The molecule has 3 heterocycles. The Morgan fingerprint density at radius 1 is 0.298 bits per heavy atom. The lowest BCUT2D eigenvalue weighted by molar-refractivity contribution is 1.13. The van der Waals surface area contributed by atoms with E-state index in [1.54, 1.807) is 24.3 Å². The first kappa shape index (κ1) is 17.0. The number of para-hydroxylation sites is 5. The maximum Gasteiger partial charge on any atom is 0.0782 e. The zero-order valence-corrected chi connectivity index (χ0v) is 29.3. The Hall–Kier alpha value is -7.62. The normalized spacial score (nSPS) is 17.3. The molecule has 266 valence electrons. The van der Waals surface area contributed by atoms with Crippen LogP contribution in [-0.2, 0) is 0 Å². The Morgan fingerprint density at radius 2 is 0.737 bits per heavy atom. The SMILES string of the molecule is [2H]c1c([2H])c([2H])c2c(c1[2H])c1c([2H])c([2H])c([2H])c(-n3c4c([2H])c([2H])c([2H])c([2H])c4c4c([2H])c(-n5c6c([2H])c([2H])c([2H])c([2H])c6c6c([2H])c([2H])c([2H])c([2H])c65)c([2H])c([2H])c43)c1n2-c1ccc(-c2ccc(-c3ccccc3)cc2)cc1. The summed E-state index contributed by atoms with van der Waals surface area (Å²) in [5, 5.41) is -2.33. The van der Waals surface area contributed by atoms with E-state index in [9.17, 15) is 13.7 Å². The number of hydrogen-bond donors (Lipinski definition) is 0. The summed E-state index contributed by atoms with van der Waals surface area (Å²) in [7, 11) is 0. The highest BCUT2D eigenvalue weighted by atomic mass is 15.1. The van der Waals surface area contributed by atoms with Crippen LogP contribution in [0, 0.1) is 0 Å². The fourth-order valence-corrected chi connectivity index (χ4v) is 7.75. The molecule has 9 aromatic carbocycles. The molecule has 0 saturated carbocycles. The molecule has 3 nitrogen and oxygen atoms in total. The Balaban J connectivity index is 1.26. The Bertz CT molecular complexity index is 4700. The third-order valence-electron chi connectivity index (χ3n) is 10.3. The van der Waals surface area contributed by atoms with Gasteiger partial charge < -0.3 is 13.7 Å². The fourth-order valence-electron chi connectivity index (χ4n) is 7.75. The molecule has 3 aromatic heterocycles. The van der Waals surface area contributed by atoms with E-state index in [0.717, 1.165) is 31.4 Å². The maximum atomic E-state index is 10.1. The van der Waals surface area contributed by atoms with Crippen LogP contribution >= 0.6 is 0 Å². The van der Waals surface area contributed by atoms with E-state index < -0.39 is 188 Å².